The van der Waals surface area contributed by atoms with Crippen molar-refractivity contribution in [2.75, 3.05) is 0 Å². The highest BCUT2D eigenvalue weighted by atomic mass is 19.1. The van der Waals surface area contributed by atoms with Crippen LogP contribution in [0.1, 0.15) is 43.7 Å². The van der Waals surface area contributed by atoms with Crippen LogP contribution in [0.5, 0.6) is 0 Å². The van der Waals surface area contributed by atoms with Crippen molar-refractivity contribution in [3.63, 3.8) is 0 Å². The predicted octanol–water partition coefficient (Wildman–Crippen LogP) is 5.30. The fourth-order valence-electron chi connectivity index (χ4n) is 3.57. The van der Waals surface area contributed by atoms with E-state index in [1.54, 1.807) is 41.4 Å². The molecule has 29 heavy (non-hydrogen) atoms. The van der Waals surface area contributed by atoms with Crippen molar-refractivity contribution in [3.05, 3.63) is 77.8 Å². The average molecular weight is 396 g/mol. The number of nitrogens with zero attached hydrogens (tertiary/aromatic N) is 2. The number of amides is 1. The van der Waals surface area contributed by atoms with Gasteiger partial charge in [0.2, 0.25) is 5.91 Å². The maximum absolute atomic E-state index is 14.2. The minimum absolute atomic E-state index is 0.0372. The van der Waals surface area contributed by atoms with E-state index in [0.29, 0.717) is 23.6 Å². The molecular formula is C23H22F2N2O2. The predicted molar refractivity (Wildman–Crippen MR) is 105 cm³/mol. The van der Waals surface area contributed by atoms with E-state index in [4.69, 9.17) is 4.42 Å². The molecule has 0 saturated heterocycles. The van der Waals surface area contributed by atoms with E-state index < -0.39 is 0 Å². The quantitative estimate of drug-likeness (QED) is 0.544. The maximum atomic E-state index is 14.2. The summed E-state index contributed by atoms with van der Waals surface area (Å²) in [5.41, 5.74) is 1.26. The van der Waals surface area contributed by atoms with Crippen LogP contribution >= 0.6 is 0 Å². The Balaban J connectivity index is 1.43. The van der Waals surface area contributed by atoms with Crippen LogP contribution in [0.25, 0.3) is 11.3 Å². The number of hydrogen-bond acceptors (Lipinski definition) is 3. The standard InChI is InChI=1S/C23H22F2N2O2/c1-15(19-4-2-3-5-20(19)25)27(18-10-11-18)23(28)13-12-22-26-14-21(29-22)16-6-8-17(24)9-7-16/h2-9,14-15,18H,10-13H2,1H3. The molecule has 6 heteroatoms. The Morgan fingerprint density at radius 3 is 2.59 bits per heavy atom. The van der Waals surface area contributed by atoms with Gasteiger partial charge in [-0.05, 0) is 50.1 Å². The molecule has 2 aromatic carbocycles. The van der Waals surface area contributed by atoms with Crippen molar-refractivity contribution in [1.29, 1.82) is 0 Å². The molecule has 1 aliphatic carbocycles. The maximum Gasteiger partial charge on any atom is 0.223 e. The van der Waals surface area contributed by atoms with E-state index in [2.05, 4.69) is 4.98 Å². The molecule has 4 nitrogen and oxygen atoms in total. The van der Waals surface area contributed by atoms with Gasteiger partial charge in [-0.3, -0.25) is 4.79 Å². The Labute approximate surface area is 168 Å². The van der Waals surface area contributed by atoms with Gasteiger partial charge >= 0.3 is 0 Å². The smallest absolute Gasteiger partial charge is 0.223 e. The number of benzene rings is 2. The Kier molecular flexibility index (Phi) is 5.43. The van der Waals surface area contributed by atoms with Crippen molar-refractivity contribution < 1.29 is 18.0 Å². The molecule has 1 saturated carbocycles. The van der Waals surface area contributed by atoms with Gasteiger partial charge in [-0.2, -0.15) is 0 Å². The molecule has 4 rings (SSSR count). The number of rotatable bonds is 7. The minimum atomic E-state index is -0.324. The first-order valence-electron chi connectivity index (χ1n) is 9.79. The van der Waals surface area contributed by atoms with Gasteiger partial charge in [0.1, 0.15) is 11.6 Å². The van der Waals surface area contributed by atoms with E-state index in [0.717, 1.165) is 18.4 Å². The van der Waals surface area contributed by atoms with E-state index in [9.17, 15) is 13.6 Å². The molecule has 0 bridgehead atoms. The van der Waals surface area contributed by atoms with Crippen molar-refractivity contribution in [2.45, 2.75) is 44.7 Å². The molecule has 0 N–H and O–H groups in total. The Hall–Kier alpha value is -3.02. The lowest BCUT2D eigenvalue weighted by molar-refractivity contribution is -0.134. The largest absolute Gasteiger partial charge is 0.441 e. The fourth-order valence-corrected chi connectivity index (χ4v) is 3.57. The second kappa shape index (κ2) is 8.15. The molecule has 1 unspecified atom stereocenters. The number of carbonyl (C=O) groups is 1. The van der Waals surface area contributed by atoms with Gasteiger partial charge in [-0.25, -0.2) is 13.8 Å². The fraction of sp³-hybridized carbons (Fsp3) is 0.304. The highest BCUT2D eigenvalue weighted by molar-refractivity contribution is 5.77. The van der Waals surface area contributed by atoms with Crippen molar-refractivity contribution in [1.82, 2.24) is 9.88 Å². The summed E-state index contributed by atoms with van der Waals surface area (Å²) >= 11 is 0. The summed E-state index contributed by atoms with van der Waals surface area (Å²) < 4.78 is 33.0. The van der Waals surface area contributed by atoms with Crippen LogP contribution in [0.4, 0.5) is 8.78 Å². The van der Waals surface area contributed by atoms with Crippen molar-refractivity contribution in [2.24, 2.45) is 0 Å². The number of carbonyl (C=O) groups excluding carboxylic acids is 1. The number of oxazole rings is 1. The first-order valence-corrected chi connectivity index (χ1v) is 9.79. The van der Waals surface area contributed by atoms with Gasteiger partial charge in [0, 0.05) is 30.0 Å². The highest BCUT2D eigenvalue weighted by Gasteiger charge is 2.36. The first-order chi connectivity index (χ1) is 14.0. The molecule has 1 aliphatic rings. The zero-order valence-electron chi connectivity index (χ0n) is 16.1. The zero-order valence-corrected chi connectivity index (χ0v) is 16.1. The molecule has 1 heterocycles. The lowest BCUT2D eigenvalue weighted by Crippen LogP contribution is -2.36. The van der Waals surface area contributed by atoms with Crippen LogP contribution < -0.4 is 0 Å². The number of aryl methyl sites for hydroxylation is 1. The van der Waals surface area contributed by atoms with Crippen molar-refractivity contribution in [3.8, 4) is 11.3 Å². The van der Waals surface area contributed by atoms with Crippen LogP contribution in [-0.2, 0) is 11.2 Å². The topological polar surface area (TPSA) is 46.3 Å². The lowest BCUT2D eigenvalue weighted by atomic mass is 10.1. The van der Waals surface area contributed by atoms with E-state index in [-0.39, 0.29) is 36.0 Å². The summed E-state index contributed by atoms with van der Waals surface area (Å²) in [6, 6.07) is 12.4. The molecule has 1 aromatic heterocycles. The average Bonchev–Trinajstić information content (AvgIpc) is 3.43. The molecule has 0 spiro atoms. The summed E-state index contributed by atoms with van der Waals surface area (Å²) in [6.45, 7) is 1.87. The molecule has 0 radical (unpaired) electrons. The van der Waals surface area contributed by atoms with Crippen LogP contribution in [0.3, 0.4) is 0 Å². The normalized spacial score (nSPS) is 14.6. The van der Waals surface area contributed by atoms with Gasteiger partial charge in [0.05, 0.1) is 12.2 Å². The lowest BCUT2D eigenvalue weighted by Gasteiger charge is -2.30. The molecule has 1 atom stereocenters. The van der Waals surface area contributed by atoms with E-state index >= 15 is 0 Å². The van der Waals surface area contributed by atoms with Crippen LogP contribution in [0.2, 0.25) is 0 Å². The number of halogens is 2. The molecule has 1 amide bonds. The summed E-state index contributed by atoms with van der Waals surface area (Å²) in [6.07, 6.45) is 4.05. The Morgan fingerprint density at radius 1 is 1.17 bits per heavy atom. The minimum Gasteiger partial charge on any atom is -0.441 e. The zero-order chi connectivity index (χ0) is 20.4. The number of aromatic nitrogens is 1. The Morgan fingerprint density at radius 2 is 1.90 bits per heavy atom. The van der Waals surface area contributed by atoms with E-state index in [1.807, 2.05) is 6.92 Å². The number of hydrogen-bond donors (Lipinski definition) is 0. The van der Waals surface area contributed by atoms with Crippen molar-refractivity contribution >= 4 is 5.91 Å². The summed E-state index contributed by atoms with van der Waals surface area (Å²) in [5, 5.41) is 0. The van der Waals surface area contributed by atoms with Crippen LogP contribution in [0.15, 0.2) is 59.1 Å². The van der Waals surface area contributed by atoms with Crippen LogP contribution in [-0.4, -0.2) is 21.8 Å². The third kappa shape index (κ3) is 4.36. The van der Waals surface area contributed by atoms with Gasteiger partial charge in [0.15, 0.2) is 11.7 Å². The second-order valence-corrected chi connectivity index (χ2v) is 7.35. The SMILES string of the molecule is CC(c1ccccc1F)N(C(=O)CCc1ncc(-c2ccc(F)cc2)o1)C1CC1. The molecular weight excluding hydrogens is 374 g/mol. The molecule has 0 aliphatic heterocycles. The highest BCUT2D eigenvalue weighted by Crippen LogP contribution is 2.35. The summed E-state index contributed by atoms with van der Waals surface area (Å²) in [5.74, 6) is 0.335. The van der Waals surface area contributed by atoms with Gasteiger partial charge in [-0.15, -0.1) is 0 Å². The first kappa shape index (κ1) is 19.3. The van der Waals surface area contributed by atoms with Gasteiger partial charge < -0.3 is 9.32 Å². The monoisotopic (exact) mass is 396 g/mol. The molecule has 150 valence electrons. The van der Waals surface area contributed by atoms with E-state index in [1.165, 1.54) is 18.2 Å². The Bertz CT molecular complexity index is 996. The summed E-state index contributed by atoms with van der Waals surface area (Å²) in [7, 11) is 0. The van der Waals surface area contributed by atoms with Gasteiger partial charge in [0.25, 0.3) is 0 Å². The van der Waals surface area contributed by atoms with Crippen LogP contribution in [0, 0.1) is 11.6 Å². The van der Waals surface area contributed by atoms with Gasteiger partial charge in [-0.1, -0.05) is 18.2 Å². The molecule has 3 aromatic rings. The third-order valence-electron chi connectivity index (χ3n) is 5.24. The third-order valence-corrected chi connectivity index (χ3v) is 5.24. The molecule has 1 fully saturated rings. The summed E-state index contributed by atoms with van der Waals surface area (Å²) in [4.78, 5) is 19.0. The second-order valence-electron chi connectivity index (χ2n) is 7.35.